The fourth-order valence-corrected chi connectivity index (χ4v) is 1.85. The third-order valence-corrected chi connectivity index (χ3v) is 2.69. The largest absolute Gasteiger partial charge is 0.203 e. The molecule has 1 aromatic carbocycles. The zero-order valence-electron chi connectivity index (χ0n) is 8.32. The Kier molecular flexibility index (Phi) is 2.14. The van der Waals surface area contributed by atoms with E-state index in [0.29, 0.717) is 11.1 Å². The third kappa shape index (κ3) is 1.35. The number of hydrogen-bond acceptors (Lipinski definition) is 0. The number of hydrogen-bond donors (Lipinski definition) is 0. The summed E-state index contributed by atoms with van der Waals surface area (Å²) in [5.41, 5.74) is 2.87. The Balaban J connectivity index is 2.68. The number of rotatable bonds is 0. The molecule has 0 spiro atoms. The summed E-state index contributed by atoms with van der Waals surface area (Å²) in [5.74, 6) is -1.41. The maximum absolute atomic E-state index is 13.5. The summed E-state index contributed by atoms with van der Waals surface area (Å²) in [6.45, 7) is 3.55. The minimum Gasteiger partial charge on any atom is -0.203 e. The van der Waals surface area contributed by atoms with Gasteiger partial charge in [0, 0.05) is 5.56 Å². The van der Waals surface area contributed by atoms with Crippen molar-refractivity contribution in [3.63, 3.8) is 0 Å². The Morgan fingerprint density at radius 3 is 2.50 bits per heavy atom. The van der Waals surface area contributed by atoms with Crippen LogP contribution < -0.4 is 0 Å². The Hall–Kier alpha value is -1.18. The normalized spacial score (nSPS) is 15.0. The summed E-state index contributed by atoms with van der Waals surface area (Å²) in [6.07, 6.45) is 3.50. The molecule has 0 bridgehead atoms. The molecule has 0 radical (unpaired) electrons. The second-order valence-electron chi connectivity index (χ2n) is 3.88. The molecular weight excluding hydrogens is 182 g/mol. The first-order chi connectivity index (χ1) is 6.59. The number of benzene rings is 1. The van der Waals surface area contributed by atoms with Crippen LogP contribution in [0.2, 0.25) is 0 Å². The molecule has 0 unspecified atom stereocenters. The molecule has 0 aliphatic heterocycles. The van der Waals surface area contributed by atoms with E-state index in [0.717, 1.165) is 24.0 Å². The highest BCUT2D eigenvalue weighted by atomic mass is 19.2. The van der Waals surface area contributed by atoms with Crippen LogP contribution in [0.4, 0.5) is 8.78 Å². The average molecular weight is 194 g/mol. The van der Waals surface area contributed by atoms with Gasteiger partial charge < -0.3 is 0 Å². The van der Waals surface area contributed by atoms with Crippen LogP contribution in [0.15, 0.2) is 11.6 Å². The molecule has 1 aliphatic carbocycles. The van der Waals surface area contributed by atoms with Crippen molar-refractivity contribution in [2.45, 2.75) is 26.7 Å². The molecule has 0 heterocycles. The van der Waals surface area contributed by atoms with Crippen molar-refractivity contribution in [2.75, 3.05) is 0 Å². The first kappa shape index (κ1) is 9.38. The van der Waals surface area contributed by atoms with Crippen LogP contribution in [0.3, 0.4) is 0 Å². The topological polar surface area (TPSA) is 0 Å². The minimum absolute atomic E-state index is 0.397. The molecular formula is C12H12F2. The van der Waals surface area contributed by atoms with Crippen molar-refractivity contribution in [3.05, 3.63) is 40.0 Å². The monoisotopic (exact) mass is 194 g/mol. The molecule has 14 heavy (non-hydrogen) atoms. The van der Waals surface area contributed by atoms with E-state index in [1.54, 1.807) is 19.1 Å². The van der Waals surface area contributed by atoms with E-state index in [1.165, 1.54) is 0 Å². The smallest absolute Gasteiger partial charge is 0.166 e. The van der Waals surface area contributed by atoms with Gasteiger partial charge in [0.25, 0.3) is 0 Å². The highest BCUT2D eigenvalue weighted by Crippen LogP contribution is 2.28. The van der Waals surface area contributed by atoms with Gasteiger partial charge in [0.15, 0.2) is 11.6 Å². The van der Waals surface area contributed by atoms with E-state index in [1.807, 2.05) is 6.92 Å². The van der Waals surface area contributed by atoms with Gasteiger partial charge in [0.2, 0.25) is 0 Å². The summed E-state index contributed by atoms with van der Waals surface area (Å²) < 4.78 is 26.7. The van der Waals surface area contributed by atoms with E-state index >= 15 is 0 Å². The minimum atomic E-state index is -0.713. The van der Waals surface area contributed by atoms with Crippen molar-refractivity contribution >= 4 is 6.08 Å². The molecule has 2 heteroatoms. The standard InChI is InChI=1S/C12H12F2/c1-7-3-4-9-6-8(2)11(13)12(14)10(9)5-7/h5-6H,3-4H2,1-2H3. The van der Waals surface area contributed by atoms with Crippen LogP contribution in [0.5, 0.6) is 0 Å². The van der Waals surface area contributed by atoms with E-state index in [4.69, 9.17) is 0 Å². The molecule has 0 aromatic heterocycles. The molecule has 0 fully saturated rings. The van der Waals surface area contributed by atoms with Crippen LogP contribution in [-0.4, -0.2) is 0 Å². The first-order valence-corrected chi connectivity index (χ1v) is 4.74. The second kappa shape index (κ2) is 3.19. The lowest BCUT2D eigenvalue weighted by atomic mass is 9.91. The molecule has 0 N–H and O–H groups in total. The third-order valence-electron chi connectivity index (χ3n) is 2.69. The average Bonchev–Trinajstić information content (AvgIpc) is 2.16. The van der Waals surface area contributed by atoms with Crippen molar-refractivity contribution < 1.29 is 8.78 Å². The van der Waals surface area contributed by atoms with Crippen LogP contribution in [0, 0.1) is 18.6 Å². The number of fused-ring (bicyclic) bond motifs is 1. The van der Waals surface area contributed by atoms with Crippen molar-refractivity contribution in [1.29, 1.82) is 0 Å². The molecule has 0 atom stereocenters. The summed E-state index contributed by atoms with van der Waals surface area (Å²) in [6, 6.07) is 1.75. The Bertz CT molecular complexity index is 417. The molecule has 0 amide bonds. The Morgan fingerprint density at radius 2 is 1.79 bits per heavy atom. The summed E-state index contributed by atoms with van der Waals surface area (Å²) in [7, 11) is 0. The maximum atomic E-state index is 13.5. The van der Waals surface area contributed by atoms with Gasteiger partial charge in [-0.3, -0.25) is 0 Å². The predicted octanol–water partition coefficient (Wildman–Crippen LogP) is 3.62. The van der Waals surface area contributed by atoms with Crippen LogP contribution >= 0.6 is 0 Å². The van der Waals surface area contributed by atoms with Gasteiger partial charge in [-0.1, -0.05) is 17.7 Å². The lowest BCUT2D eigenvalue weighted by molar-refractivity contribution is 0.499. The molecule has 0 nitrogen and oxygen atoms in total. The van der Waals surface area contributed by atoms with Gasteiger partial charge in [-0.25, -0.2) is 8.78 Å². The number of aryl methyl sites for hydroxylation is 2. The van der Waals surface area contributed by atoms with Crippen molar-refractivity contribution in [2.24, 2.45) is 0 Å². The van der Waals surface area contributed by atoms with Crippen LogP contribution in [0.25, 0.3) is 6.08 Å². The fraction of sp³-hybridized carbons (Fsp3) is 0.333. The molecule has 74 valence electrons. The highest BCUT2D eigenvalue weighted by Gasteiger charge is 2.17. The molecule has 0 saturated carbocycles. The van der Waals surface area contributed by atoms with E-state index < -0.39 is 11.6 Å². The van der Waals surface area contributed by atoms with Gasteiger partial charge in [-0.2, -0.15) is 0 Å². The molecule has 0 saturated heterocycles. The quantitative estimate of drug-likeness (QED) is 0.591. The molecule has 2 rings (SSSR count). The van der Waals surface area contributed by atoms with Crippen LogP contribution in [0.1, 0.15) is 30.0 Å². The molecule has 1 aromatic rings. The fourth-order valence-electron chi connectivity index (χ4n) is 1.85. The van der Waals surface area contributed by atoms with Gasteiger partial charge in [-0.15, -0.1) is 0 Å². The van der Waals surface area contributed by atoms with Gasteiger partial charge >= 0.3 is 0 Å². The van der Waals surface area contributed by atoms with Crippen LogP contribution in [-0.2, 0) is 6.42 Å². The molecule has 1 aliphatic rings. The van der Waals surface area contributed by atoms with Gasteiger partial charge in [0.05, 0.1) is 0 Å². The van der Waals surface area contributed by atoms with E-state index in [9.17, 15) is 8.78 Å². The highest BCUT2D eigenvalue weighted by molar-refractivity contribution is 5.60. The van der Waals surface area contributed by atoms with E-state index in [-0.39, 0.29) is 0 Å². The Morgan fingerprint density at radius 1 is 1.07 bits per heavy atom. The summed E-state index contributed by atoms with van der Waals surface area (Å²) in [4.78, 5) is 0. The maximum Gasteiger partial charge on any atom is 0.166 e. The summed E-state index contributed by atoms with van der Waals surface area (Å²) >= 11 is 0. The lowest BCUT2D eigenvalue weighted by Crippen LogP contribution is -2.04. The lowest BCUT2D eigenvalue weighted by Gasteiger charge is -2.16. The predicted molar refractivity (Wildman–Crippen MR) is 53.1 cm³/mol. The summed E-state index contributed by atoms with van der Waals surface area (Å²) in [5, 5.41) is 0. The SMILES string of the molecule is CC1=Cc2c(cc(C)c(F)c2F)CC1. The second-order valence-corrected chi connectivity index (χ2v) is 3.88. The zero-order chi connectivity index (χ0) is 10.3. The number of allylic oxidation sites excluding steroid dienone is 1. The van der Waals surface area contributed by atoms with Crippen molar-refractivity contribution in [1.82, 2.24) is 0 Å². The first-order valence-electron chi connectivity index (χ1n) is 4.74. The van der Waals surface area contributed by atoms with Crippen molar-refractivity contribution in [3.8, 4) is 0 Å². The van der Waals surface area contributed by atoms with E-state index in [2.05, 4.69) is 0 Å². The number of halogens is 2. The Labute approximate surface area is 82.3 Å². The van der Waals surface area contributed by atoms with Gasteiger partial charge in [0.1, 0.15) is 0 Å². The zero-order valence-corrected chi connectivity index (χ0v) is 8.32. The van der Waals surface area contributed by atoms with Gasteiger partial charge in [-0.05, 0) is 37.8 Å².